The van der Waals surface area contributed by atoms with Gasteiger partial charge < -0.3 is 10.6 Å². The highest BCUT2D eigenvalue weighted by atomic mass is 19.1. The third kappa shape index (κ3) is 4.03. The maximum absolute atomic E-state index is 13.5. The largest absolute Gasteiger partial charge is 0.353 e. The van der Waals surface area contributed by atoms with Gasteiger partial charge in [0.15, 0.2) is 0 Å². The van der Waals surface area contributed by atoms with Crippen LogP contribution in [0, 0.1) is 11.7 Å². The van der Waals surface area contributed by atoms with Crippen molar-refractivity contribution in [1.29, 1.82) is 0 Å². The van der Waals surface area contributed by atoms with Gasteiger partial charge in [-0.3, -0.25) is 4.79 Å². The van der Waals surface area contributed by atoms with E-state index in [1.165, 1.54) is 6.07 Å². The van der Waals surface area contributed by atoms with Crippen molar-refractivity contribution in [3.63, 3.8) is 0 Å². The van der Waals surface area contributed by atoms with E-state index in [-0.39, 0.29) is 24.2 Å². The Balaban J connectivity index is 1.85. The lowest BCUT2D eigenvalue weighted by Gasteiger charge is -2.29. The molecule has 3 nitrogen and oxygen atoms in total. The lowest BCUT2D eigenvalue weighted by molar-refractivity contribution is -0.121. The van der Waals surface area contributed by atoms with E-state index in [1.807, 2.05) is 6.92 Å². The van der Waals surface area contributed by atoms with Gasteiger partial charge in [-0.15, -0.1) is 0 Å². The maximum Gasteiger partial charge on any atom is 0.224 e. The number of rotatable bonds is 4. The molecule has 104 valence electrons. The summed E-state index contributed by atoms with van der Waals surface area (Å²) in [6.07, 6.45) is 2.39. The van der Waals surface area contributed by atoms with Gasteiger partial charge in [0, 0.05) is 6.04 Å². The van der Waals surface area contributed by atoms with Crippen molar-refractivity contribution in [2.45, 2.75) is 32.2 Å². The molecule has 1 aliphatic rings. The number of carbonyl (C=O) groups is 1. The van der Waals surface area contributed by atoms with Crippen LogP contribution in [0.25, 0.3) is 0 Å². The Kier molecular flexibility index (Phi) is 4.91. The topological polar surface area (TPSA) is 41.1 Å². The highest BCUT2D eigenvalue weighted by molar-refractivity contribution is 5.78. The molecule has 2 atom stereocenters. The third-order valence-electron chi connectivity index (χ3n) is 3.74. The van der Waals surface area contributed by atoms with E-state index in [2.05, 4.69) is 10.6 Å². The molecule has 0 radical (unpaired) electrons. The van der Waals surface area contributed by atoms with Gasteiger partial charge in [0.1, 0.15) is 5.82 Å². The summed E-state index contributed by atoms with van der Waals surface area (Å²) in [5.74, 6) is 0.0473. The molecule has 0 aliphatic carbocycles. The van der Waals surface area contributed by atoms with Crippen molar-refractivity contribution in [2.24, 2.45) is 5.92 Å². The zero-order chi connectivity index (χ0) is 13.7. The number of halogens is 1. The number of amides is 1. The summed E-state index contributed by atoms with van der Waals surface area (Å²) >= 11 is 0. The first kappa shape index (κ1) is 14.0. The second kappa shape index (κ2) is 6.66. The van der Waals surface area contributed by atoms with Crippen molar-refractivity contribution in [3.8, 4) is 0 Å². The van der Waals surface area contributed by atoms with Gasteiger partial charge in [0.2, 0.25) is 5.91 Å². The van der Waals surface area contributed by atoms with E-state index in [9.17, 15) is 9.18 Å². The van der Waals surface area contributed by atoms with Crippen LogP contribution in [0.1, 0.15) is 25.3 Å². The average Bonchev–Trinajstić information content (AvgIpc) is 2.42. The molecule has 1 fully saturated rings. The highest BCUT2D eigenvalue weighted by Crippen LogP contribution is 2.14. The molecule has 0 saturated carbocycles. The first-order valence-corrected chi connectivity index (χ1v) is 6.90. The van der Waals surface area contributed by atoms with Crippen LogP contribution in [0.5, 0.6) is 0 Å². The number of carbonyl (C=O) groups excluding carboxylic acids is 1. The number of piperidine rings is 1. The van der Waals surface area contributed by atoms with E-state index in [0.29, 0.717) is 11.5 Å². The molecule has 1 aromatic rings. The summed E-state index contributed by atoms with van der Waals surface area (Å²) in [7, 11) is 0. The predicted molar refractivity (Wildman–Crippen MR) is 73.3 cm³/mol. The van der Waals surface area contributed by atoms with Crippen molar-refractivity contribution in [2.75, 3.05) is 13.1 Å². The monoisotopic (exact) mass is 264 g/mol. The first-order chi connectivity index (χ1) is 9.16. The van der Waals surface area contributed by atoms with Gasteiger partial charge >= 0.3 is 0 Å². The fourth-order valence-corrected chi connectivity index (χ4v) is 2.54. The minimum atomic E-state index is -0.315. The molecule has 1 saturated heterocycles. The number of nitrogens with one attached hydrogen (secondary N) is 2. The Morgan fingerprint density at radius 1 is 1.53 bits per heavy atom. The smallest absolute Gasteiger partial charge is 0.224 e. The zero-order valence-corrected chi connectivity index (χ0v) is 11.3. The Labute approximate surface area is 113 Å². The fourth-order valence-electron chi connectivity index (χ4n) is 2.54. The zero-order valence-electron chi connectivity index (χ0n) is 11.3. The number of hydrogen-bond acceptors (Lipinski definition) is 2. The van der Waals surface area contributed by atoms with Gasteiger partial charge in [0.05, 0.1) is 6.42 Å². The lowest BCUT2D eigenvalue weighted by Crippen LogP contribution is -2.45. The molecule has 1 aromatic carbocycles. The molecule has 2 N–H and O–H groups in total. The first-order valence-electron chi connectivity index (χ1n) is 6.90. The molecule has 2 rings (SSSR count). The van der Waals surface area contributed by atoms with Crippen molar-refractivity contribution in [1.82, 2.24) is 10.6 Å². The molecule has 0 bridgehead atoms. The van der Waals surface area contributed by atoms with Gasteiger partial charge in [-0.1, -0.05) is 18.2 Å². The third-order valence-corrected chi connectivity index (χ3v) is 3.74. The molecule has 0 aromatic heterocycles. The molecule has 1 aliphatic heterocycles. The highest BCUT2D eigenvalue weighted by Gasteiger charge is 2.21. The molecule has 1 amide bonds. The lowest BCUT2D eigenvalue weighted by atomic mass is 9.92. The van der Waals surface area contributed by atoms with Crippen LogP contribution in [0.2, 0.25) is 0 Å². The molecule has 4 heteroatoms. The fraction of sp³-hybridized carbons (Fsp3) is 0.533. The molecular formula is C15H21FN2O. The van der Waals surface area contributed by atoms with Crippen molar-refractivity contribution >= 4 is 5.91 Å². The van der Waals surface area contributed by atoms with Crippen LogP contribution in [-0.2, 0) is 11.2 Å². The summed E-state index contributed by atoms with van der Waals surface area (Å²) < 4.78 is 13.5. The second-order valence-electron chi connectivity index (χ2n) is 5.23. The van der Waals surface area contributed by atoms with Crippen LogP contribution in [0.15, 0.2) is 24.3 Å². The Bertz CT molecular complexity index is 430. The summed E-state index contributed by atoms with van der Waals surface area (Å²) in [5, 5.41) is 6.32. The number of hydrogen-bond donors (Lipinski definition) is 2. The molecular weight excluding hydrogens is 243 g/mol. The SMILES string of the molecule is CC(NC(=O)Cc1ccccc1F)C1CCCNC1. The standard InChI is InChI=1S/C15H21FN2O/c1-11(13-6-4-8-17-10-13)18-15(19)9-12-5-2-3-7-14(12)16/h2-3,5,7,11,13,17H,4,6,8-10H2,1H3,(H,18,19). The van der Waals surface area contributed by atoms with E-state index in [0.717, 1.165) is 25.9 Å². The summed E-state index contributed by atoms with van der Waals surface area (Å²) in [6.45, 7) is 4.03. The normalized spacial score (nSPS) is 20.8. The maximum atomic E-state index is 13.5. The van der Waals surface area contributed by atoms with Crippen LogP contribution in [0.4, 0.5) is 4.39 Å². The van der Waals surface area contributed by atoms with Crippen LogP contribution in [-0.4, -0.2) is 25.0 Å². The van der Waals surface area contributed by atoms with Gasteiger partial charge in [-0.05, 0) is 50.4 Å². The second-order valence-corrected chi connectivity index (χ2v) is 5.23. The van der Waals surface area contributed by atoms with Crippen LogP contribution >= 0.6 is 0 Å². The summed E-state index contributed by atoms with van der Waals surface area (Å²) in [6, 6.07) is 6.55. The average molecular weight is 264 g/mol. The molecule has 1 heterocycles. The molecule has 19 heavy (non-hydrogen) atoms. The van der Waals surface area contributed by atoms with Crippen molar-refractivity contribution < 1.29 is 9.18 Å². The van der Waals surface area contributed by atoms with E-state index in [1.54, 1.807) is 18.2 Å². The summed E-state index contributed by atoms with van der Waals surface area (Å²) in [4.78, 5) is 11.9. The van der Waals surface area contributed by atoms with E-state index >= 15 is 0 Å². The van der Waals surface area contributed by atoms with Gasteiger partial charge in [0.25, 0.3) is 0 Å². The van der Waals surface area contributed by atoms with Crippen LogP contribution in [0.3, 0.4) is 0 Å². The quantitative estimate of drug-likeness (QED) is 0.871. The minimum Gasteiger partial charge on any atom is -0.353 e. The minimum absolute atomic E-state index is 0.108. The van der Waals surface area contributed by atoms with Gasteiger partial charge in [-0.2, -0.15) is 0 Å². The van der Waals surface area contributed by atoms with Gasteiger partial charge in [-0.25, -0.2) is 4.39 Å². The Morgan fingerprint density at radius 3 is 3.00 bits per heavy atom. The summed E-state index contributed by atoms with van der Waals surface area (Å²) in [5.41, 5.74) is 0.453. The number of benzene rings is 1. The van der Waals surface area contributed by atoms with Crippen molar-refractivity contribution in [3.05, 3.63) is 35.6 Å². The Morgan fingerprint density at radius 2 is 2.32 bits per heavy atom. The molecule has 2 unspecified atom stereocenters. The Hall–Kier alpha value is -1.42. The van der Waals surface area contributed by atoms with Crippen LogP contribution < -0.4 is 10.6 Å². The molecule has 0 spiro atoms. The van der Waals surface area contributed by atoms with E-state index in [4.69, 9.17) is 0 Å². The predicted octanol–water partition coefficient (Wildman–Crippen LogP) is 1.87. The van der Waals surface area contributed by atoms with E-state index < -0.39 is 0 Å².